The summed E-state index contributed by atoms with van der Waals surface area (Å²) >= 11 is 0. The quantitative estimate of drug-likeness (QED) is 0.514. The van der Waals surface area contributed by atoms with Gasteiger partial charge in [0.2, 0.25) is 0 Å². The molecule has 1 saturated heterocycles. The summed E-state index contributed by atoms with van der Waals surface area (Å²) in [6, 6.07) is 0. The van der Waals surface area contributed by atoms with Crippen molar-refractivity contribution in [2.24, 2.45) is 0 Å². The Kier molecular flexibility index (Phi) is 7.37. The van der Waals surface area contributed by atoms with Gasteiger partial charge in [-0.15, -0.1) is 0 Å². The summed E-state index contributed by atoms with van der Waals surface area (Å²) in [5.41, 5.74) is 0. The Morgan fingerprint density at radius 1 is 1.12 bits per heavy atom. The van der Waals surface area contributed by atoms with E-state index < -0.39 is 0 Å². The summed E-state index contributed by atoms with van der Waals surface area (Å²) in [7, 11) is 0. The van der Waals surface area contributed by atoms with Gasteiger partial charge in [0.15, 0.2) is 0 Å². The predicted octanol–water partition coefficient (Wildman–Crippen LogP) is 5.21. The van der Waals surface area contributed by atoms with E-state index in [1.165, 1.54) is 64.2 Å². The molecule has 1 fully saturated rings. The molecule has 0 radical (unpaired) electrons. The molecule has 0 aromatic rings. The molecular formula is C15H28O. The van der Waals surface area contributed by atoms with E-state index in [-0.39, 0.29) is 0 Å². The van der Waals surface area contributed by atoms with Crippen LogP contribution in [0.15, 0.2) is 12.3 Å². The van der Waals surface area contributed by atoms with E-state index in [1.807, 2.05) is 0 Å². The van der Waals surface area contributed by atoms with E-state index in [1.54, 1.807) is 0 Å². The molecule has 1 aliphatic rings. The molecule has 1 nitrogen and oxygen atoms in total. The second-order valence-corrected chi connectivity index (χ2v) is 5.08. The molecule has 1 heteroatoms. The van der Waals surface area contributed by atoms with Crippen LogP contribution in [-0.4, -0.2) is 6.10 Å². The Hall–Kier alpha value is -0.460. The van der Waals surface area contributed by atoms with Crippen LogP contribution in [0.4, 0.5) is 0 Å². The number of allylic oxidation sites excluding steroid dienone is 1. The molecular weight excluding hydrogens is 196 g/mol. The zero-order valence-electron chi connectivity index (χ0n) is 11.0. The van der Waals surface area contributed by atoms with Crippen molar-refractivity contribution in [2.75, 3.05) is 0 Å². The molecule has 1 unspecified atom stereocenters. The van der Waals surface area contributed by atoms with E-state index in [9.17, 15) is 0 Å². The molecule has 0 saturated carbocycles. The standard InChI is InChI=1S/C15H28O/c1-3-4-5-6-7-8-9-12-15-13-10-11-14(2)16-15/h15H,2-13H2,1H3. The highest BCUT2D eigenvalue weighted by Crippen LogP contribution is 2.24. The SMILES string of the molecule is C=C1CCCC(CCCCCCCCC)O1. The highest BCUT2D eigenvalue weighted by Gasteiger charge is 2.15. The van der Waals surface area contributed by atoms with Crippen molar-refractivity contribution in [3.05, 3.63) is 12.3 Å². The predicted molar refractivity (Wildman–Crippen MR) is 70.5 cm³/mol. The summed E-state index contributed by atoms with van der Waals surface area (Å²) in [6.07, 6.45) is 15.1. The van der Waals surface area contributed by atoms with Crippen molar-refractivity contribution >= 4 is 0 Å². The molecule has 16 heavy (non-hydrogen) atoms. The minimum absolute atomic E-state index is 0.483. The molecule has 0 N–H and O–H groups in total. The maximum absolute atomic E-state index is 5.74. The van der Waals surface area contributed by atoms with Crippen molar-refractivity contribution in [1.29, 1.82) is 0 Å². The first-order chi connectivity index (χ1) is 7.83. The molecule has 0 bridgehead atoms. The molecule has 0 spiro atoms. The minimum atomic E-state index is 0.483. The number of ether oxygens (including phenoxy) is 1. The Morgan fingerprint density at radius 3 is 2.50 bits per heavy atom. The second kappa shape index (κ2) is 8.66. The van der Waals surface area contributed by atoms with Gasteiger partial charge in [0, 0.05) is 6.42 Å². The van der Waals surface area contributed by atoms with Crippen LogP contribution >= 0.6 is 0 Å². The van der Waals surface area contributed by atoms with E-state index >= 15 is 0 Å². The minimum Gasteiger partial charge on any atom is -0.495 e. The molecule has 0 aromatic heterocycles. The first-order valence-corrected chi connectivity index (χ1v) is 7.17. The monoisotopic (exact) mass is 224 g/mol. The second-order valence-electron chi connectivity index (χ2n) is 5.08. The molecule has 1 aliphatic heterocycles. The van der Waals surface area contributed by atoms with Gasteiger partial charge < -0.3 is 4.74 Å². The molecule has 0 amide bonds. The Balaban J connectivity index is 1.88. The average molecular weight is 224 g/mol. The third-order valence-corrected chi connectivity index (χ3v) is 3.44. The van der Waals surface area contributed by atoms with Gasteiger partial charge in [0.1, 0.15) is 0 Å². The van der Waals surface area contributed by atoms with Crippen LogP contribution in [-0.2, 0) is 4.74 Å². The van der Waals surface area contributed by atoms with Gasteiger partial charge in [-0.05, 0) is 25.7 Å². The van der Waals surface area contributed by atoms with Gasteiger partial charge in [-0.2, -0.15) is 0 Å². The number of hydrogen-bond acceptors (Lipinski definition) is 1. The average Bonchev–Trinajstić information content (AvgIpc) is 2.28. The summed E-state index contributed by atoms with van der Waals surface area (Å²) in [6.45, 7) is 6.19. The molecule has 1 rings (SSSR count). The highest BCUT2D eigenvalue weighted by molar-refractivity contribution is 4.88. The van der Waals surface area contributed by atoms with Crippen molar-refractivity contribution in [3.63, 3.8) is 0 Å². The van der Waals surface area contributed by atoms with E-state index in [0.717, 1.165) is 12.2 Å². The lowest BCUT2D eigenvalue weighted by Crippen LogP contribution is -2.16. The number of unbranched alkanes of at least 4 members (excludes halogenated alkanes) is 6. The van der Waals surface area contributed by atoms with Crippen molar-refractivity contribution in [3.8, 4) is 0 Å². The van der Waals surface area contributed by atoms with Crippen molar-refractivity contribution < 1.29 is 4.74 Å². The number of hydrogen-bond donors (Lipinski definition) is 0. The summed E-state index contributed by atoms with van der Waals surface area (Å²) in [5.74, 6) is 1.01. The Labute approximate surface area is 101 Å². The van der Waals surface area contributed by atoms with Crippen LogP contribution in [0.2, 0.25) is 0 Å². The van der Waals surface area contributed by atoms with Gasteiger partial charge in [0.25, 0.3) is 0 Å². The normalized spacial score (nSPS) is 20.8. The van der Waals surface area contributed by atoms with Crippen LogP contribution < -0.4 is 0 Å². The molecule has 0 aliphatic carbocycles. The van der Waals surface area contributed by atoms with E-state index in [4.69, 9.17) is 4.74 Å². The number of rotatable bonds is 8. The third-order valence-electron chi connectivity index (χ3n) is 3.44. The first kappa shape index (κ1) is 13.6. The molecule has 1 heterocycles. The molecule has 0 aromatic carbocycles. The first-order valence-electron chi connectivity index (χ1n) is 7.17. The zero-order valence-corrected chi connectivity index (χ0v) is 11.0. The zero-order chi connectivity index (χ0) is 11.6. The smallest absolute Gasteiger partial charge is 0.0982 e. The Bertz CT molecular complexity index is 186. The maximum atomic E-state index is 5.74. The van der Waals surface area contributed by atoms with Gasteiger partial charge in [-0.25, -0.2) is 0 Å². The fourth-order valence-corrected chi connectivity index (χ4v) is 2.41. The van der Waals surface area contributed by atoms with Crippen molar-refractivity contribution in [1.82, 2.24) is 0 Å². The summed E-state index contributed by atoms with van der Waals surface area (Å²) in [4.78, 5) is 0. The van der Waals surface area contributed by atoms with Crippen LogP contribution in [0.5, 0.6) is 0 Å². The maximum Gasteiger partial charge on any atom is 0.0982 e. The summed E-state index contributed by atoms with van der Waals surface area (Å²) in [5, 5.41) is 0. The molecule has 1 atom stereocenters. The van der Waals surface area contributed by atoms with Gasteiger partial charge in [-0.1, -0.05) is 52.0 Å². The lowest BCUT2D eigenvalue weighted by molar-refractivity contribution is 0.0659. The van der Waals surface area contributed by atoms with Gasteiger partial charge in [-0.3, -0.25) is 0 Å². The van der Waals surface area contributed by atoms with Crippen LogP contribution in [0.3, 0.4) is 0 Å². The third kappa shape index (κ3) is 6.19. The largest absolute Gasteiger partial charge is 0.495 e. The van der Waals surface area contributed by atoms with Crippen LogP contribution in [0, 0.1) is 0 Å². The lowest BCUT2D eigenvalue weighted by atomic mass is 10.0. The highest BCUT2D eigenvalue weighted by atomic mass is 16.5. The topological polar surface area (TPSA) is 9.23 Å². The van der Waals surface area contributed by atoms with Crippen LogP contribution in [0.1, 0.15) is 77.6 Å². The van der Waals surface area contributed by atoms with Crippen LogP contribution in [0.25, 0.3) is 0 Å². The summed E-state index contributed by atoms with van der Waals surface area (Å²) < 4.78 is 5.74. The fraction of sp³-hybridized carbons (Fsp3) is 0.867. The fourth-order valence-electron chi connectivity index (χ4n) is 2.41. The van der Waals surface area contributed by atoms with Crippen molar-refractivity contribution in [2.45, 2.75) is 83.7 Å². The lowest BCUT2D eigenvalue weighted by Gasteiger charge is -2.25. The van der Waals surface area contributed by atoms with E-state index in [0.29, 0.717) is 6.10 Å². The molecule has 94 valence electrons. The van der Waals surface area contributed by atoms with Gasteiger partial charge in [0.05, 0.1) is 11.9 Å². The Morgan fingerprint density at radius 2 is 1.81 bits per heavy atom. The van der Waals surface area contributed by atoms with E-state index in [2.05, 4.69) is 13.5 Å². The van der Waals surface area contributed by atoms with Gasteiger partial charge >= 0.3 is 0 Å².